The third-order valence-corrected chi connectivity index (χ3v) is 3.55. The fourth-order valence-corrected chi connectivity index (χ4v) is 2.55. The van der Waals surface area contributed by atoms with Crippen molar-refractivity contribution in [3.05, 3.63) is 0 Å². The summed E-state index contributed by atoms with van der Waals surface area (Å²) in [5, 5.41) is 3.43. The van der Waals surface area contributed by atoms with Gasteiger partial charge in [-0.15, -0.1) is 0 Å². The largest absolute Gasteiger partial charge is 0.374 e. The molecule has 1 heterocycles. The van der Waals surface area contributed by atoms with Crippen LogP contribution in [0.1, 0.15) is 33.1 Å². The molecule has 0 aliphatic carbocycles. The molecule has 0 aromatic rings. The van der Waals surface area contributed by atoms with Crippen LogP contribution in [-0.4, -0.2) is 50.8 Å². The molecule has 0 bridgehead atoms. The van der Waals surface area contributed by atoms with Crippen molar-refractivity contribution in [3.8, 4) is 0 Å². The highest BCUT2D eigenvalue weighted by Crippen LogP contribution is 2.17. The summed E-state index contributed by atoms with van der Waals surface area (Å²) in [5.41, 5.74) is 0. The maximum Gasteiger partial charge on any atom is 0.0855 e. The Bertz CT molecular complexity index is 187. The Balaban J connectivity index is 2.39. The lowest BCUT2D eigenvalue weighted by molar-refractivity contribution is -0.0409. The summed E-state index contributed by atoms with van der Waals surface area (Å²) < 4.78 is 5.88. The maximum atomic E-state index is 5.88. The molecule has 1 aliphatic rings. The van der Waals surface area contributed by atoms with Crippen LogP contribution in [-0.2, 0) is 4.74 Å². The van der Waals surface area contributed by atoms with Crippen molar-refractivity contribution < 1.29 is 4.74 Å². The minimum atomic E-state index is 0.364. The normalized spacial score (nSPS) is 26.6. The lowest BCUT2D eigenvalue weighted by Crippen LogP contribution is -2.50. The van der Waals surface area contributed by atoms with E-state index in [4.69, 9.17) is 4.74 Å². The van der Waals surface area contributed by atoms with E-state index < -0.39 is 0 Å². The van der Waals surface area contributed by atoms with Gasteiger partial charge in [0, 0.05) is 19.1 Å². The second-order valence-electron chi connectivity index (χ2n) is 5.20. The number of morpholine rings is 1. The van der Waals surface area contributed by atoms with Crippen LogP contribution in [0.15, 0.2) is 0 Å². The van der Waals surface area contributed by atoms with E-state index in [1.165, 1.54) is 19.3 Å². The highest BCUT2D eigenvalue weighted by Gasteiger charge is 2.26. The number of hydrogen-bond donors (Lipinski definition) is 1. The summed E-state index contributed by atoms with van der Waals surface area (Å²) >= 11 is 0. The minimum absolute atomic E-state index is 0.364. The molecule has 1 saturated heterocycles. The minimum Gasteiger partial charge on any atom is -0.374 e. The van der Waals surface area contributed by atoms with Crippen molar-refractivity contribution >= 4 is 0 Å². The topological polar surface area (TPSA) is 24.5 Å². The van der Waals surface area contributed by atoms with Crippen LogP contribution in [0.4, 0.5) is 0 Å². The number of nitrogens with one attached hydrogen (secondary N) is 1. The second-order valence-corrected chi connectivity index (χ2v) is 5.20. The molecule has 1 rings (SSSR count). The molecule has 0 saturated carbocycles. The molecule has 0 aromatic heterocycles. The van der Waals surface area contributed by atoms with Gasteiger partial charge in [0.05, 0.1) is 12.7 Å². The van der Waals surface area contributed by atoms with E-state index >= 15 is 0 Å². The molecule has 3 unspecified atom stereocenters. The van der Waals surface area contributed by atoms with Crippen LogP contribution in [0, 0.1) is 5.92 Å². The van der Waals surface area contributed by atoms with Gasteiger partial charge in [0.25, 0.3) is 0 Å². The van der Waals surface area contributed by atoms with Crippen LogP contribution in [0.3, 0.4) is 0 Å². The van der Waals surface area contributed by atoms with Gasteiger partial charge in [-0.05, 0) is 26.4 Å². The molecule has 16 heavy (non-hydrogen) atoms. The summed E-state index contributed by atoms with van der Waals surface area (Å²) in [6.07, 6.45) is 4.19. The third kappa shape index (κ3) is 4.40. The molecule has 3 heteroatoms. The van der Waals surface area contributed by atoms with Crippen molar-refractivity contribution in [1.29, 1.82) is 0 Å². The monoisotopic (exact) mass is 228 g/mol. The number of hydrogen-bond acceptors (Lipinski definition) is 3. The summed E-state index contributed by atoms with van der Waals surface area (Å²) in [4.78, 5) is 2.36. The Morgan fingerprint density at radius 2 is 2.25 bits per heavy atom. The van der Waals surface area contributed by atoms with Gasteiger partial charge in [0.1, 0.15) is 0 Å². The van der Waals surface area contributed by atoms with Gasteiger partial charge in [0.2, 0.25) is 0 Å². The zero-order valence-electron chi connectivity index (χ0n) is 11.3. The van der Waals surface area contributed by atoms with E-state index in [0.717, 1.165) is 25.6 Å². The smallest absolute Gasteiger partial charge is 0.0855 e. The number of rotatable bonds is 6. The Hall–Kier alpha value is -0.120. The fourth-order valence-electron chi connectivity index (χ4n) is 2.55. The third-order valence-electron chi connectivity index (χ3n) is 3.55. The van der Waals surface area contributed by atoms with Gasteiger partial charge in [-0.3, -0.25) is 0 Å². The average Bonchev–Trinajstić information content (AvgIpc) is 2.26. The predicted molar refractivity (Wildman–Crippen MR) is 68.8 cm³/mol. The summed E-state index contributed by atoms with van der Waals surface area (Å²) in [6.45, 7) is 7.61. The van der Waals surface area contributed by atoms with Crippen LogP contribution < -0.4 is 5.32 Å². The number of ether oxygens (including phenoxy) is 1. The quantitative estimate of drug-likeness (QED) is 0.749. The van der Waals surface area contributed by atoms with E-state index in [-0.39, 0.29) is 0 Å². The molecule has 1 aliphatic heterocycles. The Morgan fingerprint density at radius 3 is 2.81 bits per heavy atom. The highest BCUT2D eigenvalue weighted by atomic mass is 16.5. The molecule has 96 valence electrons. The lowest BCUT2D eigenvalue weighted by atomic mass is 9.93. The fraction of sp³-hybridized carbons (Fsp3) is 1.00. The first-order chi connectivity index (χ1) is 7.67. The molecule has 3 atom stereocenters. The number of likely N-dealkylation sites (N-methyl/N-ethyl adjacent to an activating group) is 2. The summed E-state index contributed by atoms with van der Waals surface area (Å²) in [6, 6.07) is 0.504. The molecular formula is C13H28N2O. The van der Waals surface area contributed by atoms with Gasteiger partial charge in [-0.2, -0.15) is 0 Å². The zero-order chi connectivity index (χ0) is 12.0. The summed E-state index contributed by atoms with van der Waals surface area (Å²) in [5.74, 6) is 0.790. The van der Waals surface area contributed by atoms with Gasteiger partial charge >= 0.3 is 0 Å². The van der Waals surface area contributed by atoms with Crippen molar-refractivity contribution in [3.63, 3.8) is 0 Å². The van der Waals surface area contributed by atoms with Crippen molar-refractivity contribution in [2.75, 3.05) is 33.8 Å². The molecule has 1 N–H and O–H groups in total. The van der Waals surface area contributed by atoms with E-state index in [1.807, 2.05) is 0 Å². The van der Waals surface area contributed by atoms with Crippen molar-refractivity contribution in [2.45, 2.75) is 45.3 Å². The first-order valence-corrected chi connectivity index (χ1v) is 6.64. The molecule has 0 radical (unpaired) electrons. The van der Waals surface area contributed by atoms with Gasteiger partial charge in [-0.25, -0.2) is 0 Å². The van der Waals surface area contributed by atoms with Gasteiger partial charge in [0.15, 0.2) is 0 Å². The molecule has 0 spiro atoms. The molecule has 3 nitrogen and oxygen atoms in total. The van der Waals surface area contributed by atoms with Gasteiger partial charge < -0.3 is 15.0 Å². The molecular weight excluding hydrogens is 200 g/mol. The van der Waals surface area contributed by atoms with Crippen LogP contribution >= 0.6 is 0 Å². The maximum absolute atomic E-state index is 5.88. The highest BCUT2D eigenvalue weighted by molar-refractivity contribution is 4.82. The first kappa shape index (κ1) is 13.9. The van der Waals surface area contributed by atoms with Crippen molar-refractivity contribution in [2.24, 2.45) is 5.92 Å². The predicted octanol–water partition coefficient (Wildman–Crippen LogP) is 1.73. The number of nitrogens with zero attached hydrogens (tertiary/aromatic N) is 1. The van der Waals surface area contributed by atoms with E-state index in [0.29, 0.717) is 12.1 Å². The lowest BCUT2D eigenvalue weighted by Gasteiger charge is -2.36. The molecule has 0 amide bonds. The van der Waals surface area contributed by atoms with Crippen LogP contribution in [0.2, 0.25) is 0 Å². The second kappa shape index (κ2) is 7.25. The average molecular weight is 228 g/mol. The Labute approximate surface area is 101 Å². The molecule has 1 fully saturated rings. The van der Waals surface area contributed by atoms with Gasteiger partial charge in [-0.1, -0.05) is 26.7 Å². The van der Waals surface area contributed by atoms with Crippen LogP contribution in [0.25, 0.3) is 0 Å². The standard InChI is InChI=1S/C13H28N2O/c1-5-6-11(2)9-12(14-3)13-10-15(4)7-8-16-13/h11-14H,5-10H2,1-4H3. The zero-order valence-corrected chi connectivity index (χ0v) is 11.3. The van der Waals surface area contributed by atoms with E-state index in [2.05, 4.69) is 38.2 Å². The van der Waals surface area contributed by atoms with Crippen LogP contribution in [0.5, 0.6) is 0 Å². The van der Waals surface area contributed by atoms with E-state index in [9.17, 15) is 0 Å². The van der Waals surface area contributed by atoms with Crippen molar-refractivity contribution in [1.82, 2.24) is 10.2 Å². The summed E-state index contributed by atoms with van der Waals surface area (Å²) in [7, 11) is 4.24. The van der Waals surface area contributed by atoms with E-state index in [1.54, 1.807) is 0 Å². The Morgan fingerprint density at radius 1 is 1.50 bits per heavy atom. The Kier molecular flexibility index (Phi) is 6.32. The SMILES string of the molecule is CCCC(C)CC(NC)C1CN(C)CCO1. The molecule has 0 aromatic carbocycles. The first-order valence-electron chi connectivity index (χ1n) is 6.64.